The predicted octanol–water partition coefficient (Wildman–Crippen LogP) is 4.83. The van der Waals surface area contributed by atoms with Crippen molar-refractivity contribution >= 4 is 6.09 Å². The molecule has 2 unspecified atom stereocenters. The van der Waals surface area contributed by atoms with Gasteiger partial charge in [-0.05, 0) is 42.5 Å². The second-order valence-electron chi connectivity index (χ2n) is 8.03. The van der Waals surface area contributed by atoms with Gasteiger partial charge in [0.15, 0.2) is 0 Å². The Bertz CT molecular complexity index is 845. The first-order valence-corrected chi connectivity index (χ1v) is 10.2. The van der Waals surface area contributed by atoms with Crippen LogP contribution in [0.1, 0.15) is 43.2 Å². The van der Waals surface area contributed by atoms with Crippen LogP contribution in [0.2, 0.25) is 0 Å². The van der Waals surface area contributed by atoms with Crippen LogP contribution in [-0.2, 0) is 16.9 Å². The maximum absolute atomic E-state index is 12.8. The SMILES string of the molecule is O=C(OCc1ccccc1)N1C2CCCC1CC(O)(c1ccc(OC(F)F)cc1)C2. The molecule has 0 aliphatic carbocycles. The van der Waals surface area contributed by atoms with E-state index < -0.39 is 12.2 Å². The topological polar surface area (TPSA) is 59.0 Å². The zero-order valence-electron chi connectivity index (χ0n) is 16.5. The lowest BCUT2D eigenvalue weighted by Gasteiger charge is -2.51. The fraction of sp³-hybridized carbons (Fsp3) is 0.435. The number of nitrogens with zero attached hydrogens (tertiary/aromatic N) is 1. The minimum absolute atomic E-state index is 0.0551. The van der Waals surface area contributed by atoms with E-state index in [1.54, 1.807) is 17.0 Å². The highest BCUT2D eigenvalue weighted by molar-refractivity contribution is 5.69. The van der Waals surface area contributed by atoms with Gasteiger partial charge < -0.3 is 19.5 Å². The minimum atomic E-state index is -2.89. The summed E-state index contributed by atoms with van der Waals surface area (Å²) in [6.07, 6.45) is 3.02. The second kappa shape index (κ2) is 8.60. The molecule has 160 valence electrons. The zero-order valence-corrected chi connectivity index (χ0v) is 16.5. The Morgan fingerprint density at radius 2 is 1.70 bits per heavy atom. The average molecular weight is 417 g/mol. The summed E-state index contributed by atoms with van der Waals surface area (Å²) in [5, 5.41) is 11.4. The summed E-state index contributed by atoms with van der Waals surface area (Å²) in [4.78, 5) is 14.6. The number of halogens is 2. The van der Waals surface area contributed by atoms with Crippen LogP contribution in [0.5, 0.6) is 5.75 Å². The Morgan fingerprint density at radius 3 is 2.30 bits per heavy atom. The van der Waals surface area contributed by atoms with Crippen LogP contribution in [0.4, 0.5) is 13.6 Å². The largest absolute Gasteiger partial charge is 0.445 e. The van der Waals surface area contributed by atoms with Gasteiger partial charge in [-0.2, -0.15) is 8.78 Å². The van der Waals surface area contributed by atoms with Crippen molar-refractivity contribution < 1.29 is 28.2 Å². The Balaban J connectivity index is 1.45. The molecule has 1 amide bonds. The van der Waals surface area contributed by atoms with E-state index in [-0.39, 0.29) is 30.5 Å². The molecule has 30 heavy (non-hydrogen) atoms. The number of carbonyl (C=O) groups excluding carboxylic acids is 1. The van der Waals surface area contributed by atoms with Crippen LogP contribution in [0.15, 0.2) is 54.6 Å². The summed E-state index contributed by atoms with van der Waals surface area (Å²) < 4.78 is 34.7. The van der Waals surface area contributed by atoms with Crippen LogP contribution in [-0.4, -0.2) is 34.8 Å². The lowest BCUT2D eigenvalue weighted by atomic mass is 9.72. The van der Waals surface area contributed by atoms with Gasteiger partial charge in [0.2, 0.25) is 0 Å². The van der Waals surface area contributed by atoms with Gasteiger partial charge in [-0.1, -0.05) is 42.5 Å². The number of aliphatic hydroxyl groups is 1. The fourth-order valence-electron chi connectivity index (χ4n) is 4.70. The number of carbonyl (C=O) groups is 1. The van der Waals surface area contributed by atoms with Gasteiger partial charge in [0.25, 0.3) is 0 Å². The zero-order chi connectivity index (χ0) is 21.1. The first-order valence-electron chi connectivity index (χ1n) is 10.2. The van der Waals surface area contributed by atoms with Crippen LogP contribution < -0.4 is 4.74 Å². The van der Waals surface area contributed by atoms with Crippen LogP contribution in [0.3, 0.4) is 0 Å². The standard InChI is InChI=1S/C23H25F2NO4/c24-21(25)30-20-11-9-17(10-12-20)23(28)13-18-7-4-8-19(14-23)26(18)22(27)29-15-16-5-2-1-3-6-16/h1-3,5-6,9-12,18-19,21,28H,4,7-8,13-15H2. The number of amides is 1. The van der Waals surface area contributed by atoms with Crippen molar-refractivity contribution in [3.8, 4) is 5.75 Å². The number of ether oxygens (including phenoxy) is 2. The molecule has 0 spiro atoms. The number of benzene rings is 2. The summed E-state index contributed by atoms with van der Waals surface area (Å²) in [7, 11) is 0. The molecule has 2 aromatic carbocycles. The molecule has 5 nitrogen and oxygen atoms in total. The summed E-state index contributed by atoms with van der Waals surface area (Å²) >= 11 is 0. The van der Waals surface area contributed by atoms with Gasteiger partial charge in [-0.25, -0.2) is 4.79 Å². The third-order valence-electron chi connectivity index (χ3n) is 6.04. The summed E-state index contributed by atoms with van der Waals surface area (Å²) in [5.74, 6) is 0.0551. The molecule has 0 aromatic heterocycles. The summed E-state index contributed by atoms with van der Waals surface area (Å²) in [6, 6.07) is 15.4. The van der Waals surface area contributed by atoms with E-state index in [9.17, 15) is 18.7 Å². The molecule has 2 bridgehead atoms. The van der Waals surface area contributed by atoms with Crippen LogP contribution >= 0.6 is 0 Å². The highest BCUT2D eigenvalue weighted by Crippen LogP contribution is 2.44. The van der Waals surface area contributed by atoms with Gasteiger partial charge in [0.1, 0.15) is 12.4 Å². The normalized spacial score (nSPS) is 25.8. The number of hydrogen-bond donors (Lipinski definition) is 1. The number of piperidine rings is 2. The molecule has 2 atom stereocenters. The number of alkyl halides is 2. The first kappa shape index (κ1) is 20.6. The van der Waals surface area contributed by atoms with Crippen LogP contribution in [0, 0.1) is 0 Å². The maximum atomic E-state index is 12.8. The van der Waals surface area contributed by atoms with E-state index >= 15 is 0 Å². The molecule has 2 aliphatic heterocycles. The van der Waals surface area contributed by atoms with E-state index in [2.05, 4.69) is 4.74 Å². The smallest absolute Gasteiger partial charge is 0.410 e. The first-order chi connectivity index (χ1) is 14.4. The number of fused-ring (bicyclic) bond motifs is 2. The van der Waals surface area contributed by atoms with Gasteiger partial charge in [-0.3, -0.25) is 0 Å². The number of rotatable bonds is 5. The summed E-state index contributed by atoms with van der Waals surface area (Å²) in [5.41, 5.74) is 0.462. The van der Waals surface area contributed by atoms with E-state index in [0.717, 1.165) is 24.8 Å². The molecule has 0 radical (unpaired) electrons. The Kier molecular flexibility index (Phi) is 5.90. The molecule has 2 heterocycles. The van der Waals surface area contributed by atoms with Gasteiger partial charge >= 0.3 is 12.7 Å². The molecule has 1 N–H and O–H groups in total. The lowest BCUT2D eigenvalue weighted by molar-refractivity contribution is -0.0896. The lowest BCUT2D eigenvalue weighted by Crippen LogP contribution is -2.58. The molecule has 4 rings (SSSR count). The van der Waals surface area contributed by atoms with Gasteiger partial charge in [0.05, 0.1) is 5.60 Å². The molecule has 0 saturated carbocycles. The van der Waals surface area contributed by atoms with Crippen molar-refractivity contribution in [1.29, 1.82) is 0 Å². The molecule has 2 aliphatic rings. The van der Waals surface area contributed by atoms with Crippen LogP contribution in [0.25, 0.3) is 0 Å². The van der Waals surface area contributed by atoms with Gasteiger partial charge in [-0.15, -0.1) is 0 Å². The van der Waals surface area contributed by atoms with Gasteiger partial charge in [0, 0.05) is 24.9 Å². The molecule has 2 saturated heterocycles. The fourth-order valence-corrected chi connectivity index (χ4v) is 4.70. The molecular formula is C23H25F2NO4. The maximum Gasteiger partial charge on any atom is 0.410 e. The predicted molar refractivity (Wildman–Crippen MR) is 106 cm³/mol. The van der Waals surface area contributed by atoms with E-state index in [4.69, 9.17) is 4.74 Å². The Hall–Kier alpha value is -2.67. The van der Waals surface area contributed by atoms with Crippen molar-refractivity contribution in [3.63, 3.8) is 0 Å². The van der Waals surface area contributed by atoms with E-state index in [0.29, 0.717) is 18.4 Å². The second-order valence-corrected chi connectivity index (χ2v) is 8.03. The molecular weight excluding hydrogens is 392 g/mol. The van der Waals surface area contributed by atoms with Crippen molar-refractivity contribution in [2.75, 3.05) is 0 Å². The van der Waals surface area contributed by atoms with E-state index in [1.165, 1.54) is 12.1 Å². The van der Waals surface area contributed by atoms with Crippen molar-refractivity contribution in [3.05, 3.63) is 65.7 Å². The van der Waals surface area contributed by atoms with Crippen molar-refractivity contribution in [1.82, 2.24) is 4.90 Å². The summed E-state index contributed by atoms with van der Waals surface area (Å²) in [6.45, 7) is -2.67. The molecule has 7 heteroatoms. The Morgan fingerprint density at radius 1 is 1.07 bits per heavy atom. The highest BCUT2D eigenvalue weighted by atomic mass is 19.3. The third-order valence-corrected chi connectivity index (χ3v) is 6.04. The highest BCUT2D eigenvalue weighted by Gasteiger charge is 2.48. The van der Waals surface area contributed by atoms with Crippen molar-refractivity contribution in [2.45, 2.75) is 63.0 Å². The minimum Gasteiger partial charge on any atom is -0.445 e. The third kappa shape index (κ3) is 4.41. The quantitative estimate of drug-likeness (QED) is 0.757. The monoisotopic (exact) mass is 417 g/mol. The average Bonchev–Trinajstić information content (AvgIpc) is 2.72. The Labute approximate surface area is 174 Å². The number of hydrogen-bond acceptors (Lipinski definition) is 4. The van der Waals surface area contributed by atoms with Crippen molar-refractivity contribution in [2.24, 2.45) is 0 Å². The van der Waals surface area contributed by atoms with E-state index in [1.807, 2.05) is 30.3 Å². The molecule has 2 fully saturated rings. The molecule has 2 aromatic rings.